The van der Waals surface area contributed by atoms with Crippen LogP contribution in [0.1, 0.15) is 16.7 Å². The Hall–Kier alpha value is -1.14. The minimum Gasteiger partial charge on any atom is -0.255 e. The van der Waals surface area contributed by atoms with Gasteiger partial charge in [0.2, 0.25) is 0 Å². The Labute approximate surface area is 176 Å². The molecule has 3 aromatic carbocycles. The third-order valence-electron chi connectivity index (χ3n) is 3.91. The van der Waals surface area contributed by atoms with Crippen LogP contribution in [-0.4, -0.2) is 10.5 Å². The molecule has 0 heterocycles. The molecule has 5 heteroatoms. The highest BCUT2D eigenvalue weighted by Gasteiger charge is 2.02. The highest BCUT2D eigenvalue weighted by molar-refractivity contribution is 8.76. The molecule has 0 amide bonds. The summed E-state index contributed by atoms with van der Waals surface area (Å²) in [5, 5.41) is 0. The third-order valence-corrected chi connectivity index (χ3v) is 8.23. The van der Waals surface area contributed by atoms with E-state index in [1.54, 1.807) is 6.26 Å². The molecule has 0 fully saturated rings. The molecule has 0 bridgehead atoms. The van der Waals surface area contributed by atoms with Crippen molar-refractivity contribution in [2.24, 2.45) is 0 Å². The minimum absolute atomic E-state index is 0.886. The second kappa shape index (κ2) is 11.0. The predicted octanol–water partition coefficient (Wildman–Crippen LogP) is 6.80. The Bertz CT molecular complexity index is 863. The normalized spacial score (nSPS) is 12.0. The number of hydrogen-bond donors (Lipinski definition) is 0. The summed E-state index contributed by atoms with van der Waals surface area (Å²) < 4.78 is 11.4. The molecular weight excluding hydrogens is 409 g/mol. The van der Waals surface area contributed by atoms with Crippen LogP contribution in [0.4, 0.5) is 0 Å². The molecule has 1 atom stereocenters. The largest absolute Gasteiger partial charge is 0.255 e. The number of benzene rings is 3. The summed E-state index contributed by atoms with van der Waals surface area (Å²) in [7, 11) is 2.75. The van der Waals surface area contributed by atoms with E-state index >= 15 is 0 Å². The molecule has 0 spiro atoms. The molecule has 140 valence electrons. The molecule has 1 unspecified atom stereocenters. The molecule has 0 saturated heterocycles. The SMILES string of the molecule is CS(=O)c1ccc(CSSc2cccc(CSCc3ccccc3)c2)cc1. The van der Waals surface area contributed by atoms with Gasteiger partial charge in [0.25, 0.3) is 0 Å². The van der Waals surface area contributed by atoms with E-state index in [4.69, 9.17) is 0 Å². The van der Waals surface area contributed by atoms with Crippen molar-refractivity contribution < 1.29 is 4.21 Å². The van der Waals surface area contributed by atoms with E-state index in [0.29, 0.717) is 0 Å². The molecular formula is C22H22OS4. The van der Waals surface area contributed by atoms with E-state index in [-0.39, 0.29) is 0 Å². The van der Waals surface area contributed by atoms with E-state index in [1.807, 2.05) is 45.5 Å². The minimum atomic E-state index is -0.905. The molecule has 0 aliphatic rings. The van der Waals surface area contributed by atoms with Gasteiger partial charge in [-0.25, -0.2) is 0 Å². The summed E-state index contributed by atoms with van der Waals surface area (Å²) in [5.74, 6) is 3.02. The van der Waals surface area contributed by atoms with E-state index in [9.17, 15) is 4.21 Å². The highest BCUT2D eigenvalue weighted by atomic mass is 33.1. The Balaban J connectivity index is 1.45. The van der Waals surface area contributed by atoms with Crippen LogP contribution >= 0.6 is 33.3 Å². The van der Waals surface area contributed by atoms with E-state index in [1.165, 1.54) is 21.6 Å². The van der Waals surface area contributed by atoms with Crippen LogP contribution in [0.25, 0.3) is 0 Å². The zero-order chi connectivity index (χ0) is 18.9. The van der Waals surface area contributed by atoms with Crippen molar-refractivity contribution in [1.82, 2.24) is 0 Å². The predicted molar refractivity (Wildman–Crippen MR) is 124 cm³/mol. The van der Waals surface area contributed by atoms with Gasteiger partial charge in [0.15, 0.2) is 0 Å². The van der Waals surface area contributed by atoms with Crippen LogP contribution < -0.4 is 0 Å². The first-order chi connectivity index (χ1) is 13.2. The number of rotatable bonds is 9. The van der Waals surface area contributed by atoms with Crippen molar-refractivity contribution in [3.8, 4) is 0 Å². The molecule has 0 aromatic heterocycles. The van der Waals surface area contributed by atoms with Gasteiger partial charge in [0.05, 0.1) is 0 Å². The lowest BCUT2D eigenvalue weighted by molar-refractivity contribution is 0.687. The number of thioether (sulfide) groups is 1. The second-order valence-electron chi connectivity index (χ2n) is 6.07. The van der Waals surface area contributed by atoms with Crippen LogP contribution in [0.3, 0.4) is 0 Å². The maximum absolute atomic E-state index is 11.4. The van der Waals surface area contributed by atoms with Crippen molar-refractivity contribution in [2.75, 3.05) is 6.26 Å². The van der Waals surface area contributed by atoms with Crippen LogP contribution in [0.2, 0.25) is 0 Å². The highest BCUT2D eigenvalue weighted by Crippen LogP contribution is 2.34. The van der Waals surface area contributed by atoms with Crippen molar-refractivity contribution >= 4 is 44.1 Å². The lowest BCUT2D eigenvalue weighted by Crippen LogP contribution is -1.87. The zero-order valence-corrected chi connectivity index (χ0v) is 18.4. The zero-order valence-electron chi connectivity index (χ0n) is 15.2. The summed E-state index contributed by atoms with van der Waals surface area (Å²) in [6.07, 6.45) is 1.71. The lowest BCUT2D eigenvalue weighted by Gasteiger charge is -2.06. The topological polar surface area (TPSA) is 17.1 Å². The van der Waals surface area contributed by atoms with Gasteiger partial charge in [0.1, 0.15) is 0 Å². The molecule has 0 aliphatic carbocycles. The van der Waals surface area contributed by atoms with Gasteiger partial charge < -0.3 is 0 Å². The fourth-order valence-electron chi connectivity index (χ4n) is 2.49. The summed E-state index contributed by atoms with van der Waals surface area (Å²) in [6.45, 7) is 0. The van der Waals surface area contributed by atoms with Crippen molar-refractivity contribution in [3.05, 3.63) is 95.6 Å². The average Bonchev–Trinajstić information content (AvgIpc) is 2.70. The Morgan fingerprint density at radius 1 is 0.741 bits per heavy atom. The van der Waals surface area contributed by atoms with Crippen LogP contribution in [0, 0.1) is 0 Å². The van der Waals surface area contributed by atoms with Gasteiger partial charge in [-0.2, -0.15) is 11.8 Å². The molecule has 27 heavy (non-hydrogen) atoms. The molecule has 3 aromatic rings. The second-order valence-corrected chi connectivity index (χ2v) is 10.8. The third kappa shape index (κ3) is 7.07. The Kier molecular flexibility index (Phi) is 8.39. The standard InChI is InChI=1S/C22H22OS4/c1-27(23)22-12-10-19(11-13-22)17-25-26-21-9-5-8-20(14-21)16-24-15-18-6-3-2-4-7-18/h2-14H,15-17H2,1H3. The van der Waals surface area contributed by atoms with Crippen molar-refractivity contribution in [3.63, 3.8) is 0 Å². The Morgan fingerprint density at radius 2 is 1.41 bits per heavy atom. The van der Waals surface area contributed by atoms with Gasteiger partial charge in [-0.1, -0.05) is 76.2 Å². The van der Waals surface area contributed by atoms with E-state index < -0.39 is 10.8 Å². The first-order valence-electron chi connectivity index (χ1n) is 8.63. The van der Waals surface area contributed by atoms with E-state index in [0.717, 1.165) is 22.2 Å². The fourth-order valence-corrected chi connectivity index (χ4v) is 6.12. The summed E-state index contributed by atoms with van der Waals surface area (Å²) in [6, 6.07) is 27.5. The first-order valence-corrected chi connectivity index (χ1v) is 13.7. The average molecular weight is 431 g/mol. The Morgan fingerprint density at radius 3 is 2.15 bits per heavy atom. The summed E-state index contributed by atoms with van der Waals surface area (Å²) in [4.78, 5) is 2.18. The monoisotopic (exact) mass is 430 g/mol. The van der Waals surface area contributed by atoms with Gasteiger partial charge in [-0.3, -0.25) is 4.21 Å². The maximum Gasteiger partial charge on any atom is 0.0498 e. The lowest BCUT2D eigenvalue weighted by atomic mass is 10.2. The molecule has 0 aliphatic heterocycles. The van der Waals surface area contributed by atoms with Crippen molar-refractivity contribution in [1.29, 1.82) is 0 Å². The molecule has 3 rings (SSSR count). The smallest absolute Gasteiger partial charge is 0.0498 e. The van der Waals surface area contributed by atoms with Crippen LogP contribution in [-0.2, 0) is 28.1 Å². The number of hydrogen-bond acceptors (Lipinski definition) is 4. The van der Waals surface area contributed by atoms with Crippen LogP contribution in [0.15, 0.2) is 88.7 Å². The van der Waals surface area contributed by atoms with E-state index in [2.05, 4.69) is 66.7 Å². The van der Waals surface area contributed by atoms with Crippen LogP contribution in [0.5, 0.6) is 0 Å². The fraction of sp³-hybridized carbons (Fsp3) is 0.182. The quantitative estimate of drug-likeness (QED) is 0.347. The van der Waals surface area contributed by atoms with Gasteiger partial charge in [-0.05, 0) is 41.0 Å². The molecule has 0 saturated carbocycles. The van der Waals surface area contributed by atoms with Crippen molar-refractivity contribution in [2.45, 2.75) is 27.0 Å². The summed E-state index contributed by atoms with van der Waals surface area (Å²) >= 11 is 1.95. The summed E-state index contributed by atoms with van der Waals surface area (Å²) in [5.41, 5.74) is 4.01. The van der Waals surface area contributed by atoms with Gasteiger partial charge in [0, 0.05) is 44.1 Å². The molecule has 0 N–H and O–H groups in total. The van der Waals surface area contributed by atoms with Gasteiger partial charge >= 0.3 is 0 Å². The molecule has 0 radical (unpaired) electrons. The first kappa shape index (κ1) is 20.6. The maximum atomic E-state index is 11.4. The van der Waals surface area contributed by atoms with Gasteiger partial charge in [-0.15, -0.1) is 0 Å². The molecule has 1 nitrogen and oxygen atoms in total.